The van der Waals surface area contributed by atoms with Gasteiger partial charge in [-0.1, -0.05) is 46.3 Å². The highest BCUT2D eigenvalue weighted by Crippen LogP contribution is 2.33. The zero-order chi connectivity index (χ0) is 17.9. The summed E-state index contributed by atoms with van der Waals surface area (Å²) in [5.41, 5.74) is 0.477. The second kappa shape index (κ2) is 7.37. The summed E-state index contributed by atoms with van der Waals surface area (Å²) < 4.78 is 32.3. The van der Waals surface area contributed by atoms with Crippen molar-refractivity contribution in [2.24, 2.45) is 0 Å². The van der Waals surface area contributed by atoms with E-state index in [-0.39, 0.29) is 22.9 Å². The van der Waals surface area contributed by atoms with Gasteiger partial charge in [0.25, 0.3) is 0 Å². The minimum atomic E-state index is -3.78. The number of furan rings is 1. The number of rotatable bonds is 6. The maximum Gasteiger partial charge on any atom is 0.188 e. The molecule has 3 aromatic rings. The monoisotopic (exact) mass is 418 g/mol. The summed E-state index contributed by atoms with van der Waals surface area (Å²) in [5, 5.41) is -1.07. The summed E-state index contributed by atoms with van der Waals surface area (Å²) in [6.07, 6.45) is 1.22. The number of hydrogen-bond donors (Lipinski definition) is 0. The van der Waals surface area contributed by atoms with Gasteiger partial charge in [-0.2, -0.15) is 0 Å². The molecule has 0 fully saturated rings. The predicted octanol–water partition coefficient (Wildman–Crippen LogP) is 4.83. The molecule has 2 aromatic carbocycles. The molecule has 0 amide bonds. The van der Waals surface area contributed by atoms with Crippen LogP contribution in [0.4, 0.5) is 0 Å². The van der Waals surface area contributed by atoms with E-state index < -0.39 is 15.1 Å². The van der Waals surface area contributed by atoms with Crippen molar-refractivity contribution in [1.29, 1.82) is 0 Å². The van der Waals surface area contributed by atoms with Crippen molar-refractivity contribution < 1.29 is 17.6 Å². The topological polar surface area (TPSA) is 64.3 Å². The number of ketones is 1. The Balaban J connectivity index is 1.98. The lowest BCUT2D eigenvalue weighted by Crippen LogP contribution is -2.17. The van der Waals surface area contributed by atoms with E-state index >= 15 is 0 Å². The largest absolute Gasteiger partial charge is 0.468 e. The van der Waals surface area contributed by atoms with Gasteiger partial charge >= 0.3 is 0 Å². The van der Waals surface area contributed by atoms with Crippen molar-refractivity contribution in [1.82, 2.24) is 0 Å². The summed E-state index contributed by atoms with van der Waals surface area (Å²) in [7, 11) is -3.78. The number of carbonyl (C=O) groups excluding carboxylic acids is 1. The zero-order valence-corrected chi connectivity index (χ0v) is 15.5. The van der Waals surface area contributed by atoms with Gasteiger partial charge in [0.2, 0.25) is 0 Å². The first kappa shape index (κ1) is 17.6. The highest BCUT2D eigenvalue weighted by atomic mass is 79.9. The van der Waals surface area contributed by atoms with Crippen molar-refractivity contribution in [2.45, 2.75) is 16.6 Å². The fourth-order valence-corrected chi connectivity index (χ4v) is 4.46. The number of hydrogen-bond acceptors (Lipinski definition) is 4. The van der Waals surface area contributed by atoms with Crippen LogP contribution in [0.3, 0.4) is 0 Å². The average Bonchev–Trinajstić information content (AvgIpc) is 3.14. The molecule has 0 aliphatic heterocycles. The van der Waals surface area contributed by atoms with Gasteiger partial charge in [0, 0.05) is 16.5 Å². The van der Waals surface area contributed by atoms with Crippen molar-refractivity contribution in [2.75, 3.05) is 0 Å². The van der Waals surface area contributed by atoms with Crippen molar-refractivity contribution in [3.05, 3.63) is 88.8 Å². The van der Waals surface area contributed by atoms with Gasteiger partial charge < -0.3 is 4.42 Å². The standard InChI is InChI=1S/C19H15BrO4S/c20-15-8-10-16(11-9-15)25(22,23)19(18-7-4-12-24-18)13-17(21)14-5-2-1-3-6-14/h1-12,19H,13H2. The number of carbonyl (C=O) groups is 1. The Bertz CT molecular complexity index is 946. The lowest BCUT2D eigenvalue weighted by molar-refractivity contribution is 0.0978. The Labute approximate surface area is 154 Å². The fraction of sp³-hybridized carbons (Fsp3) is 0.105. The first-order valence-electron chi connectivity index (χ1n) is 7.59. The molecule has 1 heterocycles. The number of sulfone groups is 1. The number of Topliss-reactive ketones (excluding diaryl/α,β-unsaturated/α-hetero) is 1. The van der Waals surface area contributed by atoms with E-state index in [1.807, 2.05) is 0 Å². The average molecular weight is 419 g/mol. The minimum Gasteiger partial charge on any atom is -0.468 e. The maximum absolute atomic E-state index is 13.1. The number of benzene rings is 2. The summed E-state index contributed by atoms with van der Waals surface area (Å²) in [6.45, 7) is 0. The van der Waals surface area contributed by atoms with Crippen LogP contribution in [0.25, 0.3) is 0 Å². The molecule has 0 saturated heterocycles. The van der Waals surface area contributed by atoms with Crippen LogP contribution in [-0.2, 0) is 9.84 Å². The summed E-state index contributed by atoms with van der Waals surface area (Å²) in [6, 6.07) is 18.2. The molecule has 3 rings (SSSR count). The summed E-state index contributed by atoms with van der Waals surface area (Å²) in [4.78, 5) is 12.7. The second-order valence-corrected chi connectivity index (χ2v) is 8.54. The quantitative estimate of drug-likeness (QED) is 0.537. The molecule has 1 aromatic heterocycles. The van der Waals surface area contributed by atoms with Crippen LogP contribution in [0, 0.1) is 0 Å². The number of halogens is 1. The van der Waals surface area contributed by atoms with Gasteiger partial charge in [-0.25, -0.2) is 8.42 Å². The Morgan fingerprint density at radius 3 is 2.24 bits per heavy atom. The molecule has 0 N–H and O–H groups in total. The van der Waals surface area contributed by atoms with Crippen LogP contribution < -0.4 is 0 Å². The SMILES string of the molecule is O=C(CC(c1ccco1)S(=O)(=O)c1ccc(Br)cc1)c1ccccc1. The van der Waals surface area contributed by atoms with Crippen molar-refractivity contribution >= 4 is 31.6 Å². The lowest BCUT2D eigenvalue weighted by atomic mass is 10.1. The molecular weight excluding hydrogens is 404 g/mol. The summed E-state index contributed by atoms with van der Waals surface area (Å²) in [5.74, 6) is 0.00915. The molecule has 0 aliphatic rings. The first-order chi connectivity index (χ1) is 12.0. The molecule has 0 radical (unpaired) electrons. The van der Waals surface area contributed by atoms with Crippen LogP contribution in [-0.4, -0.2) is 14.2 Å². The van der Waals surface area contributed by atoms with E-state index in [4.69, 9.17) is 4.42 Å². The fourth-order valence-electron chi connectivity index (χ4n) is 2.54. The van der Waals surface area contributed by atoms with E-state index in [2.05, 4.69) is 15.9 Å². The second-order valence-electron chi connectivity index (χ2n) is 5.50. The van der Waals surface area contributed by atoms with Gasteiger partial charge in [0.15, 0.2) is 15.6 Å². The normalized spacial score (nSPS) is 12.7. The molecule has 128 valence electrons. The third-order valence-corrected chi connectivity index (χ3v) is 6.45. The molecule has 0 bridgehead atoms. The van der Waals surface area contributed by atoms with Gasteiger partial charge in [-0.05, 0) is 36.4 Å². The Morgan fingerprint density at radius 2 is 1.64 bits per heavy atom. The Hall–Kier alpha value is -2.18. The molecular formula is C19H15BrO4S. The predicted molar refractivity (Wildman–Crippen MR) is 98.2 cm³/mol. The third kappa shape index (κ3) is 3.91. The molecule has 25 heavy (non-hydrogen) atoms. The Kier molecular flexibility index (Phi) is 5.20. The highest BCUT2D eigenvalue weighted by molar-refractivity contribution is 9.10. The van der Waals surface area contributed by atoms with Crippen LogP contribution in [0.2, 0.25) is 0 Å². The minimum absolute atomic E-state index is 0.151. The van der Waals surface area contributed by atoms with Crippen molar-refractivity contribution in [3.8, 4) is 0 Å². The van der Waals surface area contributed by atoms with E-state index in [1.54, 1.807) is 54.6 Å². The molecule has 6 heteroatoms. The van der Waals surface area contributed by atoms with Gasteiger partial charge in [-0.15, -0.1) is 0 Å². The van der Waals surface area contributed by atoms with E-state index in [0.29, 0.717) is 5.56 Å². The third-order valence-electron chi connectivity index (χ3n) is 3.84. The zero-order valence-electron chi connectivity index (χ0n) is 13.1. The van der Waals surface area contributed by atoms with E-state index in [9.17, 15) is 13.2 Å². The summed E-state index contributed by atoms with van der Waals surface area (Å²) >= 11 is 3.29. The maximum atomic E-state index is 13.1. The highest BCUT2D eigenvalue weighted by Gasteiger charge is 2.33. The van der Waals surface area contributed by atoms with Crippen molar-refractivity contribution in [3.63, 3.8) is 0 Å². The van der Waals surface area contributed by atoms with Gasteiger partial charge in [0.1, 0.15) is 11.0 Å². The smallest absolute Gasteiger partial charge is 0.188 e. The first-order valence-corrected chi connectivity index (χ1v) is 9.93. The van der Waals surface area contributed by atoms with Crippen LogP contribution in [0.5, 0.6) is 0 Å². The molecule has 0 saturated carbocycles. The molecule has 4 nitrogen and oxygen atoms in total. The van der Waals surface area contributed by atoms with E-state index in [0.717, 1.165) is 4.47 Å². The van der Waals surface area contributed by atoms with Crippen LogP contribution in [0.15, 0.2) is 86.8 Å². The molecule has 1 unspecified atom stereocenters. The van der Waals surface area contributed by atoms with Crippen LogP contribution >= 0.6 is 15.9 Å². The molecule has 0 aliphatic carbocycles. The molecule has 0 spiro atoms. The molecule has 1 atom stereocenters. The van der Waals surface area contributed by atoms with Gasteiger partial charge in [0.05, 0.1) is 11.2 Å². The van der Waals surface area contributed by atoms with E-state index in [1.165, 1.54) is 18.4 Å². The van der Waals surface area contributed by atoms with Crippen LogP contribution in [0.1, 0.15) is 27.8 Å². The lowest BCUT2D eigenvalue weighted by Gasteiger charge is -2.15. The Morgan fingerprint density at radius 1 is 0.960 bits per heavy atom. The van der Waals surface area contributed by atoms with Gasteiger partial charge in [-0.3, -0.25) is 4.79 Å².